The van der Waals surface area contributed by atoms with Crippen LogP contribution in [-0.2, 0) is 9.59 Å². The molecule has 3 heterocycles. The van der Waals surface area contributed by atoms with Crippen molar-refractivity contribution in [2.24, 2.45) is 0 Å². The molecule has 0 spiro atoms. The third-order valence-electron chi connectivity index (χ3n) is 5.33. The predicted octanol–water partition coefficient (Wildman–Crippen LogP) is 3.34. The largest absolute Gasteiger partial charge is 0.472 e. The van der Waals surface area contributed by atoms with Gasteiger partial charge in [-0.05, 0) is 37.8 Å². The summed E-state index contributed by atoms with van der Waals surface area (Å²) in [6.45, 7) is 2.17. The molecule has 0 N–H and O–H groups in total. The number of likely N-dealkylation sites (tertiary alicyclic amines) is 1. The Balaban J connectivity index is 1.46. The number of hydrogen-bond donors (Lipinski definition) is 0. The van der Waals surface area contributed by atoms with Crippen molar-refractivity contribution in [1.29, 1.82) is 0 Å². The maximum absolute atomic E-state index is 13.1. The van der Waals surface area contributed by atoms with Crippen LogP contribution in [0, 0.1) is 0 Å². The van der Waals surface area contributed by atoms with Crippen molar-refractivity contribution < 1.29 is 14.3 Å². The van der Waals surface area contributed by atoms with Crippen molar-refractivity contribution in [3.05, 3.63) is 54.2 Å². The van der Waals surface area contributed by atoms with Crippen LogP contribution < -0.4 is 9.64 Å². The number of anilines is 1. The first kappa shape index (κ1) is 18.5. The quantitative estimate of drug-likeness (QED) is 0.799. The molecule has 0 unspecified atom stereocenters. The number of rotatable bonds is 5. The number of benzene rings is 1. The summed E-state index contributed by atoms with van der Waals surface area (Å²) in [7, 11) is 0. The van der Waals surface area contributed by atoms with Gasteiger partial charge in [0.05, 0.1) is 0 Å². The standard InChI is InChI=1S/C22H25N3O3/c26-19(24-14-5-2-6-15-24)12-8-16-25-21-18(11-7-13-23-21)28-20(22(25)27)17-9-3-1-4-10-17/h1,3-4,7,9-11,13,20H,2,5-6,8,12,14-16H2/t20-/m0/s1. The molecule has 146 valence electrons. The van der Waals surface area contributed by atoms with Gasteiger partial charge in [0, 0.05) is 37.8 Å². The average molecular weight is 379 g/mol. The number of carbonyl (C=O) groups excluding carboxylic acids is 2. The Labute approximate surface area is 165 Å². The number of pyridine rings is 1. The van der Waals surface area contributed by atoms with E-state index in [1.165, 1.54) is 6.42 Å². The van der Waals surface area contributed by atoms with Gasteiger partial charge < -0.3 is 9.64 Å². The number of piperidine rings is 1. The highest BCUT2D eigenvalue weighted by atomic mass is 16.5. The molecular weight excluding hydrogens is 354 g/mol. The van der Waals surface area contributed by atoms with E-state index in [0.29, 0.717) is 31.0 Å². The number of carbonyl (C=O) groups is 2. The fourth-order valence-electron chi connectivity index (χ4n) is 3.84. The number of amides is 2. The second kappa shape index (κ2) is 8.42. The van der Waals surface area contributed by atoms with Crippen LogP contribution in [0.4, 0.5) is 5.82 Å². The molecule has 2 aliphatic heterocycles. The molecular formula is C22H25N3O3. The lowest BCUT2D eigenvalue weighted by atomic mass is 10.1. The Morgan fingerprint density at radius 1 is 1.07 bits per heavy atom. The van der Waals surface area contributed by atoms with E-state index in [1.807, 2.05) is 41.3 Å². The van der Waals surface area contributed by atoms with Crippen molar-refractivity contribution in [2.75, 3.05) is 24.5 Å². The molecule has 2 aliphatic rings. The lowest BCUT2D eigenvalue weighted by Gasteiger charge is -2.33. The van der Waals surface area contributed by atoms with E-state index in [9.17, 15) is 9.59 Å². The monoisotopic (exact) mass is 379 g/mol. The Kier molecular flexibility index (Phi) is 5.55. The zero-order chi connectivity index (χ0) is 19.3. The van der Waals surface area contributed by atoms with E-state index in [2.05, 4.69) is 4.98 Å². The van der Waals surface area contributed by atoms with E-state index in [4.69, 9.17) is 4.74 Å². The van der Waals surface area contributed by atoms with Crippen LogP contribution in [0.5, 0.6) is 5.75 Å². The third-order valence-corrected chi connectivity index (χ3v) is 5.33. The predicted molar refractivity (Wildman–Crippen MR) is 106 cm³/mol. The van der Waals surface area contributed by atoms with Gasteiger partial charge in [-0.25, -0.2) is 4.98 Å². The second-order valence-corrected chi connectivity index (χ2v) is 7.27. The van der Waals surface area contributed by atoms with E-state index in [0.717, 1.165) is 31.5 Å². The van der Waals surface area contributed by atoms with Gasteiger partial charge in [-0.15, -0.1) is 0 Å². The summed E-state index contributed by atoms with van der Waals surface area (Å²) in [5.74, 6) is 1.17. The van der Waals surface area contributed by atoms with E-state index < -0.39 is 6.10 Å². The summed E-state index contributed by atoms with van der Waals surface area (Å²) in [6.07, 6.45) is 5.41. The van der Waals surface area contributed by atoms with Crippen LogP contribution in [-0.4, -0.2) is 41.3 Å². The SMILES string of the molecule is O=C(CCCN1C(=O)[C@H](c2ccccc2)Oc2cccnc21)N1CCCCC1. The number of fused-ring (bicyclic) bond motifs is 1. The maximum Gasteiger partial charge on any atom is 0.274 e. The van der Waals surface area contributed by atoms with Crippen molar-refractivity contribution in [3.8, 4) is 5.75 Å². The lowest BCUT2D eigenvalue weighted by Crippen LogP contribution is -2.42. The smallest absolute Gasteiger partial charge is 0.274 e. The molecule has 1 aromatic carbocycles. The summed E-state index contributed by atoms with van der Waals surface area (Å²) in [6, 6.07) is 13.1. The number of hydrogen-bond acceptors (Lipinski definition) is 4. The van der Waals surface area contributed by atoms with E-state index in [-0.39, 0.29) is 11.8 Å². The first-order chi connectivity index (χ1) is 13.7. The van der Waals surface area contributed by atoms with Gasteiger partial charge in [-0.2, -0.15) is 0 Å². The van der Waals surface area contributed by atoms with Crippen LogP contribution in [0.25, 0.3) is 0 Å². The molecule has 1 fully saturated rings. The molecule has 0 bridgehead atoms. The molecule has 0 radical (unpaired) electrons. The summed E-state index contributed by atoms with van der Waals surface area (Å²) < 4.78 is 5.95. The fourth-order valence-corrected chi connectivity index (χ4v) is 3.84. The van der Waals surface area contributed by atoms with Crippen molar-refractivity contribution in [1.82, 2.24) is 9.88 Å². The molecule has 0 saturated carbocycles. The van der Waals surface area contributed by atoms with E-state index in [1.54, 1.807) is 17.2 Å². The van der Waals surface area contributed by atoms with Crippen LogP contribution in [0.2, 0.25) is 0 Å². The van der Waals surface area contributed by atoms with Gasteiger partial charge >= 0.3 is 0 Å². The topological polar surface area (TPSA) is 62.7 Å². The van der Waals surface area contributed by atoms with Crippen LogP contribution in [0.3, 0.4) is 0 Å². The number of ether oxygens (including phenoxy) is 1. The molecule has 6 heteroatoms. The van der Waals surface area contributed by atoms with Gasteiger partial charge in [-0.3, -0.25) is 14.5 Å². The molecule has 6 nitrogen and oxygen atoms in total. The molecule has 1 saturated heterocycles. The van der Waals surface area contributed by atoms with Crippen LogP contribution in [0.1, 0.15) is 43.8 Å². The maximum atomic E-state index is 13.1. The summed E-state index contributed by atoms with van der Waals surface area (Å²) >= 11 is 0. The minimum atomic E-state index is -0.685. The minimum absolute atomic E-state index is 0.136. The summed E-state index contributed by atoms with van der Waals surface area (Å²) in [5.41, 5.74) is 0.816. The molecule has 1 atom stereocenters. The summed E-state index contributed by atoms with van der Waals surface area (Å²) in [5, 5.41) is 0. The molecule has 2 amide bonds. The molecule has 2 aromatic rings. The highest BCUT2D eigenvalue weighted by Gasteiger charge is 2.36. The second-order valence-electron chi connectivity index (χ2n) is 7.27. The zero-order valence-corrected chi connectivity index (χ0v) is 15.9. The highest BCUT2D eigenvalue weighted by molar-refractivity contribution is 5.99. The van der Waals surface area contributed by atoms with Crippen molar-refractivity contribution in [3.63, 3.8) is 0 Å². The Morgan fingerprint density at radius 3 is 2.64 bits per heavy atom. The highest BCUT2D eigenvalue weighted by Crippen LogP contribution is 2.37. The first-order valence-corrected chi connectivity index (χ1v) is 10.00. The van der Waals surface area contributed by atoms with Gasteiger partial charge in [0.1, 0.15) is 0 Å². The molecule has 0 aliphatic carbocycles. The Morgan fingerprint density at radius 2 is 1.86 bits per heavy atom. The molecule has 4 rings (SSSR count). The normalized spacial score (nSPS) is 19.1. The zero-order valence-electron chi connectivity index (χ0n) is 15.9. The number of aromatic nitrogens is 1. The van der Waals surface area contributed by atoms with Crippen molar-refractivity contribution in [2.45, 2.75) is 38.2 Å². The van der Waals surface area contributed by atoms with Crippen molar-refractivity contribution >= 4 is 17.6 Å². The van der Waals surface area contributed by atoms with Gasteiger partial charge in [0.2, 0.25) is 12.0 Å². The fraction of sp³-hybridized carbons (Fsp3) is 0.409. The summed E-state index contributed by atoms with van der Waals surface area (Å²) in [4.78, 5) is 33.5. The van der Waals surface area contributed by atoms with Crippen LogP contribution >= 0.6 is 0 Å². The van der Waals surface area contributed by atoms with E-state index >= 15 is 0 Å². The first-order valence-electron chi connectivity index (χ1n) is 10.00. The third kappa shape index (κ3) is 3.86. The number of nitrogens with zero attached hydrogens (tertiary/aromatic N) is 3. The lowest BCUT2D eigenvalue weighted by molar-refractivity contribution is -0.132. The van der Waals surface area contributed by atoms with Crippen LogP contribution in [0.15, 0.2) is 48.7 Å². The Bertz CT molecular complexity index is 834. The van der Waals surface area contributed by atoms with Gasteiger partial charge in [0.25, 0.3) is 5.91 Å². The minimum Gasteiger partial charge on any atom is -0.472 e. The average Bonchev–Trinajstić information content (AvgIpc) is 2.76. The molecule has 28 heavy (non-hydrogen) atoms. The Hall–Kier alpha value is -2.89. The van der Waals surface area contributed by atoms with Gasteiger partial charge in [0.15, 0.2) is 11.6 Å². The molecule has 1 aromatic heterocycles. The van der Waals surface area contributed by atoms with Gasteiger partial charge in [-0.1, -0.05) is 30.3 Å².